The van der Waals surface area contributed by atoms with E-state index < -0.39 is 0 Å². The van der Waals surface area contributed by atoms with Gasteiger partial charge in [0.05, 0.1) is 6.61 Å². The largest absolute Gasteiger partial charge is 0.466 e. The van der Waals surface area contributed by atoms with Crippen LogP contribution in [0.2, 0.25) is 0 Å². The van der Waals surface area contributed by atoms with E-state index in [9.17, 15) is 9.59 Å². The van der Waals surface area contributed by atoms with Crippen LogP contribution in [0, 0.1) is 28.6 Å². The zero-order chi connectivity index (χ0) is 19.8. The normalized spacial score (nSPS) is 37.8. The molecule has 0 N–H and O–H groups in total. The van der Waals surface area contributed by atoms with Crippen molar-refractivity contribution < 1.29 is 14.3 Å². The van der Waals surface area contributed by atoms with Crippen molar-refractivity contribution in [3.63, 3.8) is 0 Å². The number of ketones is 1. The monoisotopic (exact) mass is 372 g/mol. The second-order valence-electron chi connectivity index (χ2n) is 9.56. The van der Waals surface area contributed by atoms with Crippen LogP contribution in [0.4, 0.5) is 0 Å². The second kappa shape index (κ2) is 7.56. The molecule has 0 saturated heterocycles. The van der Waals surface area contributed by atoms with E-state index in [0.29, 0.717) is 36.6 Å². The third kappa shape index (κ3) is 3.32. The van der Waals surface area contributed by atoms with E-state index in [4.69, 9.17) is 4.74 Å². The van der Waals surface area contributed by atoms with Gasteiger partial charge in [-0.15, -0.1) is 0 Å². The molecule has 0 aliphatic heterocycles. The minimum Gasteiger partial charge on any atom is -0.466 e. The van der Waals surface area contributed by atoms with E-state index in [0.717, 1.165) is 56.9 Å². The van der Waals surface area contributed by atoms with Gasteiger partial charge >= 0.3 is 5.97 Å². The smallest absolute Gasteiger partial charge is 0.305 e. The van der Waals surface area contributed by atoms with Crippen LogP contribution in [0.3, 0.4) is 0 Å². The summed E-state index contributed by atoms with van der Waals surface area (Å²) in [4.78, 5) is 25.5. The van der Waals surface area contributed by atoms with Crippen LogP contribution in [0.1, 0.15) is 78.6 Å². The van der Waals surface area contributed by atoms with Crippen LogP contribution < -0.4 is 0 Å². The number of ether oxygens (including phenoxy) is 1. The topological polar surface area (TPSA) is 43.4 Å². The molecule has 1 spiro atoms. The van der Waals surface area contributed by atoms with Crippen LogP contribution >= 0.6 is 0 Å². The molecule has 2 bridgehead atoms. The predicted octanol–water partition coefficient (Wildman–Crippen LogP) is 5.64. The maximum Gasteiger partial charge on any atom is 0.305 e. The fraction of sp³-hybridized carbons (Fsp3) is 0.750. The Balaban J connectivity index is 1.82. The van der Waals surface area contributed by atoms with E-state index in [1.54, 1.807) is 0 Å². The lowest BCUT2D eigenvalue weighted by Gasteiger charge is -2.57. The van der Waals surface area contributed by atoms with Crippen LogP contribution in [0.5, 0.6) is 0 Å². The number of esters is 1. The number of allylic oxidation sites excluding steroid dienone is 2. The molecule has 150 valence electrons. The zero-order valence-corrected chi connectivity index (χ0v) is 17.4. The highest BCUT2D eigenvalue weighted by molar-refractivity contribution is 6.03. The standard InChI is InChI=1S/C24H36O3/c1-6-7-14-27-21(25)11-12-23(5)19(16(2)3)10-13-24-15-18(8-9-20(23)24)17(4)22(24)26/h18-20H,2,4,6-15H2,1,3,5H3/t18-,19+,20-,23+,24+/m0/s1. The first-order valence-corrected chi connectivity index (χ1v) is 10.8. The van der Waals surface area contributed by atoms with E-state index in [1.807, 2.05) is 0 Å². The molecule has 3 aliphatic rings. The highest BCUT2D eigenvalue weighted by Gasteiger charge is 2.64. The lowest BCUT2D eigenvalue weighted by molar-refractivity contribution is -0.148. The summed E-state index contributed by atoms with van der Waals surface area (Å²) >= 11 is 0. The minimum atomic E-state index is -0.229. The number of hydrogen-bond donors (Lipinski definition) is 0. The van der Waals surface area contributed by atoms with Gasteiger partial charge in [0.2, 0.25) is 0 Å². The predicted molar refractivity (Wildman–Crippen MR) is 108 cm³/mol. The Morgan fingerprint density at radius 3 is 2.70 bits per heavy atom. The van der Waals surface area contributed by atoms with Gasteiger partial charge in [-0.05, 0) is 80.6 Å². The summed E-state index contributed by atoms with van der Waals surface area (Å²) in [6, 6.07) is 0. The number of Topliss-reactive ketones (excluding diaryl/α,β-unsaturated/α-hetero) is 1. The minimum absolute atomic E-state index is 0.0703. The Labute approximate surface area is 164 Å². The molecule has 5 atom stereocenters. The molecule has 0 aromatic carbocycles. The van der Waals surface area contributed by atoms with Gasteiger partial charge < -0.3 is 4.74 Å². The molecule has 3 nitrogen and oxygen atoms in total. The third-order valence-corrected chi connectivity index (χ3v) is 8.01. The van der Waals surface area contributed by atoms with Gasteiger partial charge in [0.15, 0.2) is 5.78 Å². The second-order valence-corrected chi connectivity index (χ2v) is 9.56. The van der Waals surface area contributed by atoms with Gasteiger partial charge in [-0.25, -0.2) is 0 Å². The molecule has 0 radical (unpaired) electrons. The van der Waals surface area contributed by atoms with Gasteiger partial charge in [0.25, 0.3) is 0 Å². The highest BCUT2D eigenvalue weighted by atomic mass is 16.5. The number of carbonyl (C=O) groups is 2. The molecule has 0 amide bonds. The summed E-state index contributed by atoms with van der Waals surface area (Å²) in [7, 11) is 0. The average molecular weight is 373 g/mol. The van der Waals surface area contributed by atoms with Crippen molar-refractivity contribution in [2.75, 3.05) is 6.61 Å². The molecule has 27 heavy (non-hydrogen) atoms. The Morgan fingerprint density at radius 2 is 2.04 bits per heavy atom. The van der Waals surface area contributed by atoms with Crippen molar-refractivity contribution in [2.45, 2.75) is 78.6 Å². The van der Waals surface area contributed by atoms with Gasteiger partial charge in [-0.3, -0.25) is 9.59 Å². The summed E-state index contributed by atoms with van der Waals surface area (Å²) < 4.78 is 5.41. The van der Waals surface area contributed by atoms with Crippen molar-refractivity contribution >= 4 is 11.8 Å². The van der Waals surface area contributed by atoms with Crippen molar-refractivity contribution in [3.05, 3.63) is 24.3 Å². The fourth-order valence-electron chi connectivity index (χ4n) is 6.64. The Bertz CT molecular complexity index is 648. The molecule has 3 fully saturated rings. The van der Waals surface area contributed by atoms with Crippen LogP contribution in [-0.2, 0) is 14.3 Å². The number of fused-ring (bicyclic) bond motifs is 1. The van der Waals surface area contributed by atoms with E-state index in [2.05, 4.69) is 33.9 Å². The molecule has 3 rings (SSSR count). The molecule has 0 unspecified atom stereocenters. The van der Waals surface area contributed by atoms with Crippen LogP contribution in [0.15, 0.2) is 24.3 Å². The first-order chi connectivity index (χ1) is 12.8. The molecular weight excluding hydrogens is 336 g/mol. The van der Waals surface area contributed by atoms with Gasteiger partial charge in [0.1, 0.15) is 0 Å². The Morgan fingerprint density at radius 1 is 1.30 bits per heavy atom. The maximum absolute atomic E-state index is 13.2. The lowest BCUT2D eigenvalue weighted by atomic mass is 9.46. The molecule has 3 aliphatic carbocycles. The Kier molecular flexibility index (Phi) is 5.70. The maximum atomic E-state index is 13.2. The number of hydrogen-bond acceptors (Lipinski definition) is 3. The summed E-state index contributed by atoms with van der Waals surface area (Å²) in [5.41, 5.74) is 1.76. The summed E-state index contributed by atoms with van der Waals surface area (Å²) in [5, 5.41) is 0. The van der Waals surface area contributed by atoms with E-state index >= 15 is 0 Å². The van der Waals surface area contributed by atoms with Crippen molar-refractivity contribution in [1.82, 2.24) is 0 Å². The van der Waals surface area contributed by atoms with Crippen molar-refractivity contribution in [2.24, 2.45) is 28.6 Å². The average Bonchev–Trinajstić information content (AvgIpc) is 2.81. The lowest BCUT2D eigenvalue weighted by Crippen LogP contribution is -2.53. The summed E-state index contributed by atoms with van der Waals surface area (Å²) in [6.45, 7) is 15.4. The van der Waals surface area contributed by atoms with Crippen molar-refractivity contribution in [1.29, 1.82) is 0 Å². The van der Waals surface area contributed by atoms with Gasteiger partial charge in [-0.1, -0.05) is 39.0 Å². The van der Waals surface area contributed by atoms with Gasteiger partial charge in [0, 0.05) is 11.8 Å². The Hall–Kier alpha value is -1.38. The molecule has 3 saturated carbocycles. The first-order valence-electron chi connectivity index (χ1n) is 10.8. The molecule has 0 heterocycles. The quantitative estimate of drug-likeness (QED) is 0.251. The highest BCUT2D eigenvalue weighted by Crippen LogP contribution is 2.67. The van der Waals surface area contributed by atoms with Gasteiger partial charge in [-0.2, -0.15) is 0 Å². The number of rotatable bonds is 7. The zero-order valence-electron chi connectivity index (χ0n) is 17.4. The van der Waals surface area contributed by atoms with Crippen molar-refractivity contribution in [3.8, 4) is 0 Å². The number of carbonyl (C=O) groups excluding carboxylic acids is 2. The molecule has 0 aromatic heterocycles. The molecular formula is C24H36O3. The SMILES string of the molecule is C=C1C(=O)[C@@]23CC[C@H](C(=C)C)[C@@](C)(CCC(=O)OCCCC)[C@@H]2CC[C@H]1C3. The fourth-order valence-corrected chi connectivity index (χ4v) is 6.64. The molecule has 0 aromatic rings. The van der Waals surface area contributed by atoms with E-state index in [-0.39, 0.29) is 16.8 Å². The first kappa shape index (κ1) is 20.4. The summed E-state index contributed by atoms with van der Waals surface area (Å²) in [5.74, 6) is 1.31. The van der Waals surface area contributed by atoms with Crippen LogP contribution in [-0.4, -0.2) is 18.4 Å². The third-order valence-electron chi connectivity index (χ3n) is 8.01. The van der Waals surface area contributed by atoms with E-state index in [1.165, 1.54) is 5.57 Å². The molecule has 3 heteroatoms. The summed E-state index contributed by atoms with van der Waals surface area (Å²) in [6.07, 6.45) is 8.24. The number of unbranched alkanes of at least 4 members (excludes halogenated alkanes) is 1. The van der Waals surface area contributed by atoms with Crippen LogP contribution in [0.25, 0.3) is 0 Å².